The van der Waals surface area contributed by atoms with Crippen molar-refractivity contribution in [1.29, 1.82) is 0 Å². The van der Waals surface area contributed by atoms with Crippen molar-refractivity contribution < 1.29 is 5.11 Å². The zero-order valence-corrected chi connectivity index (χ0v) is 11.1. The Bertz CT molecular complexity index is 461. The van der Waals surface area contributed by atoms with Crippen LogP contribution >= 0.6 is 11.3 Å². The molecule has 90 valence electrons. The predicted molar refractivity (Wildman–Crippen MR) is 73.5 cm³/mol. The number of aliphatic hydroxyl groups excluding tert-OH is 1. The van der Waals surface area contributed by atoms with Gasteiger partial charge >= 0.3 is 0 Å². The van der Waals surface area contributed by atoms with E-state index in [9.17, 15) is 5.11 Å². The Hall–Kier alpha value is -1.12. The predicted octanol–water partition coefficient (Wildman–Crippen LogP) is 4.28. The molecule has 0 aliphatic rings. The maximum atomic E-state index is 10.5. The molecule has 0 saturated carbocycles. The molecule has 1 aromatic heterocycles. The molecule has 1 aromatic carbocycles. The van der Waals surface area contributed by atoms with Gasteiger partial charge in [-0.05, 0) is 35.9 Å². The summed E-state index contributed by atoms with van der Waals surface area (Å²) in [5.41, 5.74) is 2.26. The van der Waals surface area contributed by atoms with Crippen LogP contribution in [-0.2, 0) is 0 Å². The highest BCUT2D eigenvalue weighted by atomic mass is 32.1. The van der Waals surface area contributed by atoms with Crippen molar-refractivity contribution >= 4 is 11.3 Å². The molecule has 0 aliphatic heterocycles. The second-order valence-electron chi connectivity index (χ2n) is 4.36. The van der Waals surface area contributed by atoms with Crippen molar-refractivity contribution in [3.05, 3.63) is 57.8 Å². The lowest BCUT2D eigenvalue weighted by Gasteiger charge is -2.21. The molecule has 0 saturated heterocycles. The third-order valence-electron chi connectivity index (χ3n) is 3.14. The Labute approximate surface area is 107 Å². The van der Waals surface area contributed by atoms with Crippen LogP contribution in [-0.4, -0.2) is 5.11 Å². The highest BCUT2D eigenvalue weighted by Crippen LogP contribution is 2.35. The van der Waals surface area contributed by atoms with Gasteiger partial charge in [0, 0.05) is 10.8 Å². The Morgan fingerprint density at radius 3 is 2.41 bits per heavy atom. The largest absolute Gasteiger partial charge is 0.388 e. The summed E-state index contributed by atoms with van der Waals surface area (Å²) in [6.45, 7) is 4.20. The molecule has 0 radical (unpaired) electrons. The number of hydrogen-bond acceptors (Lipinski definition) is 2. The van der Waals surface area contributed by atoms with Gasteiger partial charge in [-0.1, -0.05) is 37.3 Å². The standard InChI is InChI=1S/C15H18OS/c1-3-14(12-7-5-4-6-8-12)15(16)13-9-11(2)17-10-13/h4-10,14-16H,3H2,1-2H3. The van der Waals surface area contributed by atoms with E-state index in [0.29, 0.717) is 0 Å². The van der Waals surface area contributed by atoms with Gasteiger partial charge in [-0.25, -0.2) is 0 Å². The van der Waals surface area contributed by atoms with Crippen LogP contribution in [0.4, 0.5) is 0 Å². The lowest BCUT2D eigenvalue weighted by molar-refractivity contribution is 0.143. The molecular formula is C15H18OS. The van der Waals surface area contributed by atoms with Gasteiger partial charge in [0.1, 0.15) is 0 Å². The van der Waals surface area contributed by atoms with Gasteiger partial charge in [0.05, 0.1) is 6.10 Å². The van der Waals surface area contributed by atoms with Gasteiger partial charge in [0.25, 0.3) is 0 Å². The van der Waals surface area contributed by atoms with Crippen LogP contribution in [0.15, 0.2) is 41.8 Å². The van der Waals surface area contributed by atoms with Gasteiger partial charge in [0.2, 0.25) is 0 Å². The van der Waals surface area contributed by atoms with E-state index in [1.165, 1.54) is 10.4 Å². The summed E-state index contributed by atoms with van der Waals surface area (Å²) in [6, 6.07) is 12.3. The van der Waals surface area contributed by atoms with Gasteiger partial charge in [0.15, 0.2) is 0 Å². The van der Waals surface area contributed by atoms with Crippen LogP contribution in [0.5, 0.6) is 0 Å². The van der Waals surface area contributed by atoms with Gasteiger partial charge in [-0.15, -0.1) is 11.3 Å². The molecule has 2 unspecified atom stereocenters. The first-order chi connectivity index (χ1) is 8.22. The number of rotatable bonds is 4. The smallest absolute Gasteiger partial charge is 0.0866 e. The van der Waals surface area contributed by atoms with Crippen LogP contribution in [0.3, 0.4) is 0 Å². The summed E-state index contributed by atoms with van der Waals surface area (Å²) in [6.07, 6.45) is 0.549. The molecule has 1 N–H and O–H groups in total. The maximum absolute atomic E-state index is 10.5. The highest BCUT2D eigenvalue weighted by Gasteiger charge is 2.21. The number of aliphatic hydroxyl groups is 1. The minimum atomic E-state index is -0.396. The number of thiophene rings is 1. The summed E-state index contributed by atoms with van der Waals surface area (Å²) in [4.78, 5) is 1.25. The molecule has 1 nitrogen and oxygen atoms in total. The van der Waals surface area contributed by atoms with E-state index in [4.69, 9.17) is 0 Å². The SMILES string of the molecule is CCC(c1ccccc1)C(O)c1csc(C)c1. The number of aryl methyl sites for hydroxylation is 1. The third-order valence-corrected chi connectivity index (χ3v) is 4.02. The summed E-state index contributed by atoms with van der Waals surface area (Å²) in [5, 5.41) is 12.5. The lowest BCUT2D eigenvalue weighted by Crippen LogP contribution is -2.09. The van der Waals surface area contributed by atoms with E-state index in [0.717, 1.165) is 12.0 Å². The molecule has 2 atom stereocenters. The van der Waals surface area contributed by atoms with Gasteiger partial charge in [-0.2, -0.15) is 0 Å². The van der Waals surface area contributed by atoms with Crippen molar-refractivity contribution in [1.82, 2.24) is 0 Å². The molecule has 17 heavy (non-hydrogen) atoms. The average Bonchev–Trinajstić information content (AvgIpc) is 2.78. The maximum Gasteiger partial charge on any atom is 0.0866 e. The summed E-state index contributed by atoms with van der Waals surface area (Å²) in [5.74, 6) is 0.185. The summed E-state index contributed by atoms with van der Waals surface area (Å²) >= 11 is 1.70. The molecule has 0 bridgehead atoms. The quantitative estimate of drug-likeness (QED) is 0.853. The lowest BCUT2D eigenvalue weighted by atomic mass is 9.88. The Morgan fingerprint density at radius 2 is 1.88 bits per heavy atom. The van der Waals surface area contributed by atoms with E-state index in [1.807, 2.05) is 18.2 Å². The van der Waals surface area contributed by atoms with E-state index >= 15 is 0 Å². The van der Waals surface area contributed by atoms with E-state index in [1.54, 1.807) is 11.3 Å². The molecule has 1 heterocycles. The summed E-state index contributed by atoms with van der Waals surface area (Å²) in [7, 11) is 0. The average molecular weight is 246 g/mol. The molecule has 2 aromatic rings. The number of benzene rings is 1. The zero-order chi connectivity index (χ0) is 12.3. The van der Waals surface area contributed by atoms with Crippen molar-refractivity contribution in [2.75, 3.05) is 0 Å². The highest BCUT2D eigenvalue weighted by molar-refractivity contribution is 7.10. The van der Waals surface area contributed by atoms with Crippen molar-refractivity contribution in [2.45, 2.75) is 32.3 Å². The van der Waals surface area contributed by atoms with Crippen molar-refractivity contribution in [3.63, 3.8) is 0 Å². The molecular weight excluding hydrogens is 228 g/mol. The molecule has 2 heteroatoms. The topological polar surface area (TPSA) is 20.2 Å². The Morgan fingerprint density at radius 1 is 1.18 bits per heavy atom. The fourth-order valence-electron chi connectivity index (χ4n) is 2.19. The van der Waals surface area contributed by atoms with Crippen LogP contribution in [0.25, 0.3) is 0 Å². The van der Waals surface area contributed by atoms with Crippen molar-refractivity contribution in [3.8, 4) is 0 Å². The van der Waals surface area contributed by atoms with E-state index in [2.05, 4.69) is 37.4 Å². The van der Waals surface area contributed by atoms with Crippen LogP contribution in [0.2, 0.25) is 0 Å². The van der Waals surface area contributed by atoms with Gasteiger partial charge in [-0.3, -0.25) is 0 Å². The monoisotopic (exact) mass is 246 g/mol. The van der Waals surface area contributed by atoms with E-state index in [-0.39, 0.29) is 5.92 Å². The van der Waals surface area contributed by atoms with Crippen LogP contribution in [0, 0.1) is 6.92 Å². The van der Waals surface area contributed by atoms with E-state index < -0.39 is 6.10 Å². The first-order valence-corrected chi connectivity index (χ1v) is 6.88. The second-order valence-corrected chi connectivity index (χ2v) is 5.48. The Kier molecular flexibility index (Phi) is 3.97. The third kappa shape index (κ3) is 2.76. The summed E-state index contributed by atoms with van der Waals surface area (Å²) < 4.78 is 0. The van der Waals surface area contributed by atoms with Crippen LogP contribution in [0.1, 0.15) is 41.4 Å². The minimum Gasteiger partial charge on any atom is -0.388 e. The van der Waals surface area contributed by atoms with Crippen molar-refractivity contribution in [2.24, 2.45) is 0 Å². The Balaban J connectivity index is 2.25. The minimum absolute atomic E-state index is 0.185. The molecule has 0 spiro atoms. The normalized spacial score (nSPS) is 14.5. The fourth-order valence-corrected chi connectivity index (χ4v) is 2.93. The first-order valence-electron chi connectivity index (χ1n) is 6.00. The molecule has 2 rings (SSSR count). The first kappa shape index (κ1) is 12.3. The second kappa shape index (κ2) is 5.48. The number of hydrogen-bond donors (Lipinski definition) is 1. The zero-order valence-electron chi connectivity index (χ0n) is 10.3. The fraction of sp³-hybridized carbons (Fsp3) is 0.333. The van der Waals surface area contributed by atoms with Crippen LogP contribution < -0.4 is 0 Å². The molecule has 0 amide bonds. The molecule has 0 fully saturated rings. The van der Waals surface area contributed by atoms with Gasteiger partial charge < -0.3 is 5.11 Å². The molecule has 0 aliphatic carbocycles.